The zero-order valence-corrected chi connectivity index (χ0v) is 12.6. The zero-order valence-electron chi connectivity index (χ0n) is 10.9. The SMILES string of the molecule is CC(=O)Nc1nnc(S(=O)(=O)NC(C)C(C)C(=O)O)s1. The Balaban J connectivity index is 2.86. The van der Waals surface area contributed by atoms with E-state index in [0.717, 1.165) is 0 Å². The summed E-state index contributed by atoms with van der Waals surface area (Å²) < 4.78 is 25.8. The van der Waals surface area contributed by atoms with Crippen LogP contribution in [-0.2, 0) is 19.6 Å². The Morgan fingerprint density at radius 1 is 1.30 bits per heavy atom. The number of carboxylic acids is 1. The first-order valence-electron chi connectivity index (χ1n) is 5.49. The molecule has 0 aromatic carbocycles. The summed E-state index contributed by atoms with van der Waals surface area (Å²) in [6, 6.07) is -0.814. The van der Waals surface area contributed by atoms with E-state index in [4.69, 9.17) is 5.11 Å². The molecule has 0 saturated heterocycles. The third-order valence-electron chi connectivity index (χ3n) is 2.40. The van der Waals surface area contributed by atoms with Crippen LogP contribution >= 0.6 is 11.3 Å². The fraction of sp³-hybridized carbons (Fsp3) is 0.556. The van der Waals surface area contributed by atoms with Gasteiger partial charge < -0.3 is 10.4 Å². The van der Waals surface area contributed by atoms with Gasteiger partial charge in [-0.1, -0.05) is 18.3 Å². The van der Waals surface area contributed by atoms with Crippen LogP contribution in [0.15, 0.2) is 4.34 Å². The number of carboxylic acid groups (broad SMARTS) is 1. The lowest BCUT2D eigenvalue weighted by atomic mass is 10.1. The molecule has 0 fully saturated rings. The summed E-state index contributed by atoms with van der Waals surface area (Å²) in [6.45, 7) is 4.08. The van der Waals surface area contributed by atoms with Crippen LogP contribution in [0.25, 0.3) is 0 Å². The van der Waals surface area contributed by atoms with Gasteiger partial charge in [-0.25, -0.2) is 13.1 Å². The summed E-state index contributed by atoms with van der Waals surface area (Å²) in [5.74, 6) is -2.41. The summed E-state index contributed by atoms with van der Waals surface area (Å²) in [4.78, 5) is 21.6. The number of nitrogens with zero attached hydrogens (tertiary/aromatic N) is 2. The molecule has 1 rings (SSSR count). The minimum absolute atomic E-state index is 0.0526. The average Bonchev–Trinajstić information content (AvgIpc) is 2.75. The average molecular weight is 322 g/mol. The van der Waals surface area contributed by atoms with Gasteiger partial charge in [0.2, 0.25) is 15.4 Å². The molecule has 0 aliphatic carbocycles. The van der Waals surface area contributed by atoms with E-state index in [-0.39, 0.29) is 9.47 Å². The molecule has 0 radical (unpaired) electrons. The van der Waals surface area contributed by atoms with Gasteiger partial charge in [-0.3, -0.25) is 9.59 Å². The first-order valence-corrected chi connectivity index (χ1v) is 7.79. The minimum atomic E-state index is -3.97. The molecule has 1 heterocycles. The number of amides is 1. The standard InChI is InChI=1S/C9H14N4O5S2/c1-4(7(15)16)5(2)13-20(17,18)9-12-11-8(19-9)10-6(3)14/h4-5,13H,1-3H3,(H,15,16)(H,10,11,14). The molecule has 0 saturated carbocycles. The van der Waals surface area contributed by atoms with Gasteiger partial charge in [0.05, 0.1) is 5.92 Å². The Morgan fingerprint density at radius 2 is 1.90 bits per heavy atom. The molecule has 1 aromatic rings. The fourth-order valence-electron chi connectivity index (χ4n) is 1.13. The molecular formula is C9H14N4O5S2. The molecule has 112 valence electrons. The molecular weight excluding hydrogens is 308 g/mol. The van der Waals surface area contributed by atoms with Crippen LogP contribution < -0.4 is 10.0 Å². The van der Waals surface area contributed by atoms with Gasteiger partial charge in [-0.2, -0.15) is 0 Å². The van der Waals surface area contributed by atoms with Crippen molar-refractivity contribution in [3.63, 3.8) is 0 Å². The largest absolute Gasteiger partial charge is 0.481 e. The van der Waals surface area contributed by atoms with E-state index in [9.17, 15) is 18.0 Å². The normalized spacial score (nSPS) is 14.6. The second-order valence-electron chi connectivity index (χ2n) is 4.09. The maximum absolute atomic E-state index is 12.0. The van der Waals surface area contributed by atoms with Crippen molar-refractivity contribution in [1.29, 1.82) is 0 Å². The van der Waals surface area contributed by atoms with Crippen molar-refractivity contribution in [2.45, 2.75) is 31.2 Å². The Bertz CT molecular complexity index is 612. The minimum Gasteiger partial charge on any atom is -0.481 e. The Kier molecular flexibility index (Phi) is 5.14. The van der Waals surface area contributed by atoms with E-state index in [0.29, 0.717) is 11.3 Å². The molecule has 0 aliphatic rings. The van der Waals surface area contributed by atoms with Crippen molar-refractivity contribution < 1.29 is 23.1 Å². The fourth-order valence-corrected chi connectivity index (χ4v) is 3.42. The number of carbonyl (C=O) groups is 2. The number of anilines is 1. The quantitative estimate of drug-likeness (QED) is 0.621. The summed E-state index contributed by atoms with van der Waals surface area (Å²) in [5, 5.41) is 18.1. The van der Waals surface area contributed by atoms with E-state index in [2.05, 4.69) is 20.2 Å². The molecule has 2 unspecified atom stereocenters. The Morgan fingerprint density at radius 3 is 2.40 bits per heavy atom. The number of aromatic nitrogens is 2. The van der Waals surface area contributed by atoms with Crippen molar-refractivity contribution >= 4 is 38.4 Å². The van der Waals surface area contributed by atoms with Crippen LogP contribution in [0.2, 0.25) is 0 Å². The number of carbonyl (C=O) groups excluding carboxylic acids is 1. The molecule has 9 nitrogen and oxygen atoms in total. The lowest BCUT2D eigenvalue weighted by Crippen LogP contribution is -2.39. The number of nitrogens with one attached hydrogen (secondary N) is 2. The Labute approximate surface area is 119 Å². The van der Waals surface area contributed by atoms with E-state index in [1.165, 1.54) is 20.8 Å². The third kappa shape index (κ3) is 4.21. The van der Waals surface area contributed by atoms with Gasteiger partial charge in [-0.15, -0.1) is 10.2 Å². The summed E-state index contributed by atoms with van der Waals surface area (Å²) in [5.41, 5.74) is 0. The highest BCUT2D eigenvalue weighted by atomic mass is 32.2. The van der Waals surface area contributed by atoms with Gasteiger partial charge in [0.15, 0.2) is 0 Å². The van der Waals surface area contributed by atoms with Gasteiger partial charge in [0.25, 0.3) is 10.0 Å². The number of sulfonamides is 1. The molecule has 0 aliphatic heterocycles. The number of aliphatic carboxylic acids is 1. The van der Waals surface area contributed by atoms with E-state index < -0.39 is 33.9 Å². The number of hydrogen-bond donors (Lipinski definition) is 3. The van der Waals surface area contributed by atoms with E-state index in [1.54, 1.807) is 0 Å². The molecule has 11 heteroatoms. The van der Waals surface area contributed by atoms with Crippen LogP contribution in [0.1, 0.15) is 20.8 Å². The first-order chi connectivity index (χ1) is 9.13. The number of hydrogen-bond acceptors (Lipinski definition) is 7. The van der Waals surface area contributed by atoms with Crippen LogP contribution in [-0.4, -0.2) is 41.6 Å². The molecule has 1 amide bonds. The van der Waals surface area contributed by atoms with Crippen molar-refractivity contribution in [2.24, 2.45) is 5.92 Å². The van der Waals surface area contributed by atoms with Gasteiger partial charge in [0.1, 0.15) is 0 Å². The zero-order chi connectivity index (χ0) is 15.5. The van der Waals surface area contributed by atoms with Crippen molar-refractivity contribution in [2.75, 3.05) is 5.32 Å². The molecule has 0 bridgehead atoms. The predicted octanol–water partition coefficient (Wildman–Crippen LogP) is -0.116. The monoisotopic (exact) mass is 322 g/mol. The van der Waals surface area contributed by atoms with Gasteiger partial charge in [0, 0.05) is 13.0 Å². The van der Waals surface area contributed by atoms with Crippen LogP contribution in [0.4, 0.5) is 5.13 Å². The van der Waals surface area contributed by atoms with Crippen molar-refractivity contribution in [3.8, 4) is 0 Å². The maximum Gasteiger partial charge on any atom is 0.307 e. The van der Waals surface area contributed by atoms with Gasteiger partial charge >= 0.3 is 5.97 Å². The maximum atomic E-state index is 12.0. The number of rotatable bonds is 6. The van der Waals surface area contributed by atoms with Crippen molar-refractivity contribution in [3.05, 3.63) is 0 Å². The summed E-state index contributed by atoms with van der Waals surface area (Å²) in [7, 11) is -3.97. The lowest BCUT2D eigenvalue weighted by molar-refractivity contribution is -0.141. The topological polar surface area (TPSA) is 138 Å². The Hall–Kier alpha value is -1.59. The molecule has 2 atom stereocenters. The predicted molar refractivity (Wildman–Crippen MR) is 70.8 cm³/mol. The first kappa shape index (κ1) is 16.5. The highest BCUT2D eigenvalue weighted by Gasteiger charge is 2.27. The summed E-state index contributed by atoms with van der Waals surface area (Å²) >= 11 is 0.678. The highest BCUT2D eigenvalue weighted by molar-refractivity contribution is 7.91. The van der Waals surface area contributed by atoms with Crippen LogP contribution in [0, 0.1) is 5.92 Å². The third-order valence-corrected chi connectivity index (χ3v) is 5.16. The lowest BCUT2D eigenvalue weighted by Gasteiger charge is -2.16. The van der Waals surface area contributed by atoms with Gasteiger partial charge in [-0.05, 0) is 6.92 Å². The second-order valence-corrected chi connectivity index (χ2v) is 6.96. The molecule has 20 heavy (non-hydrogen) atoms. The van der Waals surface area contributed by atoms with Crippen LogP contribution in [0.3, 0.4) is 0 Å². The van der Waals surface area contributed by atoms with E-state index >= 15 is 0 Å². The van der Waals surface area contributed by atoms with Crippen molar-refractivity contribution in [1.82, 2.24) is 14.9 Å². The highest BCUT2D eigenvalue weighted by Crippen LogP contribution is 2.20. The van der Waals surface area contributed by atoms with Crippen LogP contribution in [0.5, 0.6) is 0 Å². The smallest absolute Gasteiger partial charge is 0.307 e. The summed E-state index contributed by atoms with van der Waals surface area (Å²) in [6.07, 6.45) is 0. The second kappa shape index (κ2) is 6.24. The molecule has 3 N–H and O–H groups in total. The molecule has 1 aromatic heterocycles. The van der Waals surface area contributed by atoms with E-state index in [1.807, 2.05) is 0 Å². The molecule has 0 spiro atoms.